The molecule has 5 nitrogen and oxygen atoms in total. The molecule has 2 amide bonds. The van der Waals surface area contributed by atoms with Crippen molar-refractivity contribution in [3.63, 3.8) is 0 Å². The number of amides is 2. The van der Waals surface area contributed by atoms with Crippen molar-refractivity contribution in [2.75, 3.05) is 13.6 Å². The first-order chi connectivity index (χ1) is 7.82. The molecular weight excluding hydrogens is 220 g/mol. The topological polar surface area (TPSA) is 60.9 Å². The minimum atomic E-state index is -1.17. The Labute approximate surface area is 102 Å². The van der Waals surface area contributed by atoms with E-state index in [1.165, 1.54) is 4.90 Å². The molecule has 0 spiro atoms. The second-order valence-electron chi connectivity index (χ2n) is 5.13. The zero-order chi connectivity index (χ0) is 13.2. The first kappa shape index (κ1) is 13.8. The zero-order valence-corrected chi connectivity index (χ0v) is 11.1. The molecule has 0 radical (unpaired) electrons. The summed E-state index contributed by atoms with van der Waals surface area (Å²) in [4.78, 5) is 26.5. The summed E-state index contributed by atoms with van der Waals surface area (Å²) in [6, 6.07) is 0.135. The van der Waals surface area contributed by atoms with Crippen molar-refractivity contribution < 1.29 is 14.7 Å². The van der Waals surface area contributed by atoms with Crippen LogP contribution >= 0.6 is 0 Å². The second-order valence-corrected chi connectivity index (χ2v) is 5.13. The van der Waals surface area contributed by atoms with E-state index in [-0.39, 0.29) is 6.03 Å². The Kier molecular flexibility index (Phi) is 4.01. The van der Waals surface area contributed by atoms with Gasteiger partial charge < -0.3 is 14.9 Å². The van der Waals surface area contributed by atoms with Crippen molar-refractivity contribution in [3.05, 3.63) is 0 Å². The highest BCUT2D eigenvalue weighted by Crippen LogP contribution is 2.29. The van der Waals surface area contributed by atoms with Crippen LogP contribution in [-0.2, 0) is 4.79 Å². The molecule has 1 rings (SSSR count). The van der Waals surface area contributed by atoms with E-state index in [1.807, 2.05) is 6.92 Å². The van der Waals surface area contributed by atoms with Gasteiger partial charge in [0.05, 0.1) is 0 Å². The molecule has 0 saturated heterocycles. The number of likely N-dealkylation sites (N-methyl/N-ethyl adjacent to an activating group) is 1. The summed E-state index contributed by atoms with van der Waals surface area (Å²) in [6.07, 6.45) is 2.96. The van der Waals surface area contributed by atoms with Crippen LogP contribution in [0.25, 0.3) is 0 Å². The predicted octanol–water partition coefficient (Wildman–Crippen LogP) is 1.78. The van der Waals surface area contributed by atoms with Crippen LogP contribution in [0.15, 0.2) is 0 Å². The number of urea groups is 1. The SMILES string of the molecule is CCCN(C(=O)N(C)C(C)(C)C(=O)O)C1CC1. The van der Waals surface area contributed by atoms with Gasteiger partial charge in [0.15, 0.2) is 0 Å². The van der Waals surface area contributed by atoms with Crippen molar-refractivity contribution in [1.29, 1.82) is 0 Å². The van der Waals surface area contributed by atoms with Gasteiger partial charge in [-0.15, -0.1) is 0 Å². The number of nitrogens with zero attached hydrogens (tertiary/aromatic N) is 2. The van der Waals surface area contributed by atoms with Gasteiger partial charge in [0.1, 0.15) is 5.54 Å². The summed E-state index contributed by atoms with van der Waals surface area (Å²) >= 11 is 0. The lowest BCUT2D eigenvalue weighted by molar-refractivity contribution is -0.147. The third-order valence-corrected chi connectivity index (χ3v) is 3.35. The van der Waals surface area contributed by atoms with Crippen molar-refractivity contribution in [3.8, 4) is 0 Å². The number of carboxylic acid groups (broad SMARTS) is 1. The Hall–Kier alpha value is -1.26. The molecular formula is C12H22N2O3. The number of carbonyl (C=O) groups is 2. The third-order valence-electron chi connectivity index (χ3n) is 3.35. The molecule has 1 aliphatic carbocycles. The number of carboxylic acids is 1. The minimum Gasteiger partial charge on any atom is -0.480 e. The minimum absolute atomic E-state index is 0.179. The average molecular weight is 242 g/mol. The van der Waals surface area contributed by atoms with Crippen molar-refractivity contribution in [2.24, 2.45) is 0 Å². The van der Waals surface area contributed by atoms with Gasteiger partial charge in [0, 0.05) is 19.6 Å². The maximum atomic E-state index is 12.3. The lowest BCUT2D eigenvalue weighted by Crippen LogP contribution is -2.55. The van der Waals surface area contributed by atoms with E-state index in [2.05, 4.69) is 0 Å². The van der Waals surface area contributed by atoms with E-state index in [4.69, 9.17) is 5.11 Å². The molecule has 0 aromatic heterocycles. The molecule has 0 bridgehead atoms. The van der Waals surface area contributed by atoms with Gasteiger partial charge in [-0.05, 0) is 33.1 Å². The fourth-order valence-corrected chi connectivity index (χ4v) is 1.64. The first-order valence-electron chi connectivity index (χ1n) is 6.10. The first-order valence-corrected chi connectivity index (χ1v) is 6.10. The predicted molar refractivity (Wildman–Crippen MR) is 64.9 cm³/mol. The monoisotopic (exact) mass is 242 g/mol. The lowest BCUT2D eigenvalue weighted by Gasteiger charge is -2.36. The lowest BCUT2D eigenvalue weighted by atomic mass is 10.0. The highest BCUT2D eigenvalue weighted by atomic mass is 16.4. The number of aliphatic carboxylic acids is 1. The molecule has 98 valence electrons. The standard InChI is InChI=1S/C12H22N2O3/c1-5-8-14(9-6-7-9)11(17)13(4)12(2,3)10(15)16/h9H,5-8H2,1-4H3,(H,15,16). The van der Waals surface area contributed by atoms with Gasteiger partial charge in [-0.25, -0.2) is 9.59 Å². The van der Waals surface area contributed by atoms with Crippen molar-refractivity contribution in [1.82, 2.24) is 9.80 Å². The molecule has 5 heteroatoms. The van der Waals surface area contributed by atoms with Crippen LogP contribution in [0.1, 0.15) is 40.0 Å². The van der Waals surface area contributed by atoms with E-state index in [9.17, 15) is 9.59 Å². The normalized spacial score (nSPS) is 15.5. The highest BCUT2D eigenvalue weighted by Gasteiger charge is 2.40. The van der Waals surface area contributed by atoms with E-state index in [0.717, 1.165) is 19.3 Å². The highest BCUT2D eigenvalue weighted by molar-refractivity contribution is 5.85. The molecule has 0 aromatic carbocycles. The van der Waals surface area contributed by atoms with Gasteiger partial charge in [0.25, 0.3) is 0 Å². The molecule has 17 heavy (non-hydrogen) atoms. The van der Waals surface area contributed by atoms with Gasteiger partial charge in [-0.2, -0.15) is 0 Å². The quantitative estimate of drug-likeness (QED) is 0.799. The molecule has 1 aliphatic rings. The summed E-state index contributed by atoms with van der Waals surface area (Å²) in [5.41, 5.74) is -1.17. The molecule has 0 aliphatic heterocycles. The summed E-state index contributed by atoms with van der Waals surface area (Å²) in [6.45, 7) is 5.81. The van der Waals surface area contributed by atoms with E-state index >= 15 is 0 Å². The summed E-state index contributed by atoms with van der Waals surface area (Å²) in [7, 11) is 1.56. The molecule has 0 heterocycles. The summed E-state index contributed by atoms with van der Waals surface area (Å²) < 4.78 is 0. The van der Waals surface area contributed by atoms with Crippen LogP contribution in [-0.4, -0.2) is 52.1 Å². The van der Waals surface area contributed by atoms with Gasteiger partial charge in [-0.1, -0.05) is 6.92 Å². The smallest absolute Gasteiger partial charge is 0.329 e. The fourth-order valence-electron chi connectivity index (χ4n) is 1.64. The molecule has 0 unspecified atom stereocenters. The Balaban J connectivity index is 2.76. The van der Waals surface area contributed by atoms with Crippen LogP contribution in [0.5, 0.6) is 0 Å². The summed E-state index contributed by atoms with van der Waals surface area (Å²) in [5.74, 6) is -0.986. The van der Waals surface area contributed by atoms with Crippen LogP contribution in [0.4, 0.5) is 4.79 Å². The van der Waals surface area contributed by atoms with Gasteiger partial charge >= 0.3 is 12.0 Å². The maximum absolute atomic E-state index is 12.3. The van der Waals surface area contributed by atoms with E-state index in [0.29, 0.717) is 12.6 Å². The van der Waals surface area contributed by atoms with Crippen molar-refractivity contribution in [2.45, 2.75) is 51.6 Å². The number of hydrogen-bond acceptors (Lipinski definition) is 2. The van der Waals surface area contributed by atoms with Crippen LogP contribution < -0.4 is 0 Å². The Morgan fingerprint density at radius 3 is 2.24 bits per heavy atom. The van der Waals surface area contributed by atoms with E-state index < -0.39 is 11.5 Å². The zero-order valence-electron chi connectivity index (χ0n) is 11.1. The Morgan fingerprint density at radius 2 is 1.88 bits per heavy atom. The van der Waals surface area contributed by atoms with Gasteiger partial charge in [0.2, 0.25) is 0 Å². The number of hydrogen-bond donors (Lipinski definition) is 1. The maximum Gasteiger partial charge on any atom is 0.329 e. The van der Waals surface area contributed by atoms with E-state index in [1.54, 1.807) is 25.8 Å². The second kappa shape index (κ2) is 4.94. The third kappa shape index (κ3) is 2.90. The molecule has 1 fully saturated rings. The molecule has 0 aromatic rings. The summed E-state index contributed by atoms with van der Waals surface area (Å²) in [5, 5.41) is 9.11. The van der Waals surface area contributed by atoms with Crippen LogP contribution in [0.3, 0.4) is 0 Å². The number of carbonyl (C=O) groups excluding carboxylic acids is 1. The largest absolute Gasteiger partial charge is 0.480 e. The van der Waals surface area contributed by atoms with Gasteiger partial charge in [-0.3, -0.25) is 0 Å². The molecule has 1 saturated carbocycles. The number of rotatable bonds is 5. The van der Waals surface area contributed by atoms with Crippen LogP contribution in [0.2, 0.25) is 0 Å². The van der Waals surface area contributed by atoms with Crippen molar-refractivity contribution >= 4 is 12.0 Å². The Morgan fingerprint density at radius 1 is 1.35 bits per heavy atom. The fraction of sp³-hybridized carbons (Fsp3) is 0.833. The van der Waals surface area contributed by atoms with Crippen LogP contribution in [0, 0.1) is 0 Å². The average Bonchev–Trinajstić information content (AvgIpc) is 3.07. The molecule has 0 atom stereocenters. The Bertz CT molecular complexity index is 311. The molecule has 1 N–H and O–H groups in total.